The number of esters is 1. The highest BCUT2D eigenvalue weighted by Crippen LogP contribution is 2.36. The number of likely N-dealkylation sites (N-methyl/N-ethyl adjacent to an activating group) is 1. The van der Waals surface area contributed by atoms with E-state index in [9.17, 15) is 28.1 Å². The quantitative estimate of drug-likeness (QED) is 0.228. The molecule has 3 aromatic carbocycles. The molecule has 0 atom stereocenters. The lowest BCUT2D eigenvalue weighted by Crippen LogP contribution is -2.33. The number of sulfone groups is 1. The molecule has 0 aliphatic heterocycles. The van der Waals surface area contributed by atoms with Crippen LogP contribution < -0.4 is 10.8 Å². The van der Waals surface area contributed by atoms with Gasteiger partial charge < -0.3 is 25.0 Å². The zero-order valence-electron chi connectivity index (χ0n) is 22.3. The Kier molecular flexibility index (Phi) is 9.62. The van der Waals surface area contributed by atoms with Crippen molar-refractivity contribution in [3.05, 3.63) is 89.5 Å². The monoisotopic (exact) mass is 564 g/mol. The van der Waals surface area contributed by atoms with E-state index in [1.807, 2.05) is 36.4 Å². The summed E-state index contributed by atoms with van der Waals surface area (Å²) in [6, 6.07) is 20.4. The summed E-state index contributed by atoms with van der Waals surface area (Å²) in [5.41, 5.74) is 2.97. The Bertz CT molecular complexity index is 1440. The molecule has 4 rings (SSSR count). The molecule has 0 bridgehead atoms. The van der Waals surface area contributed by atoms with Gasteiger partial charge in [-0.25, -0.2) is 13.2 Å². The molecule has 0 radical (unpaired) electrons. The highest BCUT2D eigenvalue weighted by molar-refractivity contribution is 7.92. The normalized spacial score (nSPS) is 13.0. The smallest absolute Gasteiger partial charge is 0.461 e. The molecule has 9 nitrogen and oxygen atoms in total. The summed E-state index contributed by atoms with van der Waals surface area (Å²) in [5, 5.41) is 21.1. The maximum atomic E-state index is 13.1. The Morgan fingerprint density at radius 3 is 2.40 bits per heavy atom. The number of urea groups is 1. The molecule has 3 aromatic rings. The average Bonchev–Trinajstić information content (AvgIpc) is 3.81. The van der Waals surface area contributed by atoms with Gasteiger partial charge in [0.25, 0.3) is 0 Å². The third kappa shape index (κ3) is 7.94. The van der Waals surface area contributed by atoms with Crippen molar-refractivity contribution in [2.75, 3.05) is 18.9 Å². The number of hydrogen-bond donors (Lipinski definition) is 3. The number of amides is 2. The lowest BCUT2D eigenvalue weighted by molar-refractivity contribution is -0.144. The first-order valence-electron chi connectivity index (χ1n) is 13.2. The summed E-state index contributed by atoms with van der Waals surface area (Å²) in [5.74, 6) is -0.439. The molecule has 0 aromatic heterocycles. The first-order valence-corrected chi connectivity index (χ1v) is 14.7. The van der Waals surface area contributed by atoms with E-state index in [1.165, 1.54) is 11.0 Å². The fourth-order valence-corrected chi connectivity index (χ4v) is 6.16. The molecule has 40 heavy (non-hydrogen) atoms. The predicted octanol–water partition coefficient (Wildman–Crippen LogP) is 2.68. The zero-order valence-corrected chi connectivity index (χ0v) is 23.1. The zero-order chi connectivity index (χ0) is 28.7. The van der Waals surface area contributed by atoms with Gasteiger partial charge in [-0.2, -0.15) is 0 Å². The summed E-state index contributed by atoms with van der Waals surface area (Å²) in [6.45, 7) is 0.505. The lowest BCUT2D eigenvalue weighted by Gasteiger charge is -2.19. The number of rotatable bonds is 12. The second-order valence-electron chi connectivity index (χ2n) is 9.93. The minimum Gasteiger partial charge on any atom is -0.461 e. The maximum Gasteiger partial charge on any atom is 0.488 e. The van der Waals surface area contributed by atoms with Crippen LogP contribution in [0.15, 0.2) is 77.7 Å². The second kappa shape index (κ2) is 13.1. The lowest BCUT2D eigenvalue weighted by atomic mass is 9.79. The summed E-state index contributed by atoms with van der Waals surface area (Å²) < 4.78 is 31.5. The van der Waals surface area contributed by atoms with E-state index in [1.54, 1.807) is 37.4 Å². The van der Waals surface area contributed by atoms with Crippen molar-refractivity contribution in [3.63, 3.8) is 0 Å². The van der Waals surface area contributed by atoms with Crippen LogP contribution in [0.5, 0.6) is 0 Å². The van der Waals surface area contributed by atoms with Crippen molar-refractivity contribution < 1.29 is 32.8 Å². The third-order valence-corrected chi connectivity index (χ3v) is 9.11. The minimum absolute atomic E-state index is 0.00107. The van der Waals surface area contributed by atoms with Gasteiger partial charge in [-0.05, 0) is 66.0 Å². The topological polar surface area (TPSA) is 133 Å². The summed E-state index contributed by atoms with van der Waals surface area (Å²) in [7, 11) is -3.45. The van der Waals surface area contributed by atoms with Crippen LogP contribution in [-0.2, 0) is 38.8 Å². The Morgan fingerprint density at radius 1 is 0.975 bits per heavy atom. The van der Waals surface area contributed by atoms with E-state index < -0.39 is 28.2 Å². The first-order chi connectivity index (χ1) is 19.1. The van der Waals surface area contributed by atoms with E-state index in [0.29, 0.717) is 42.5 Å². The maximum absolute atomic E-state index is 13.1. The molecule has 1 aliphatic rings. The Hall–Kier alpha value is -3.67. The van der Waals surface area contributed by atoms with Crippen LogP contribution in [0.25, 0.3) is 0 Å². The number of aryl methyl sites for hydroxylation is 1. The van der Waals surface area contributed by atoms with Crippen molar-refractivity contribution in [1.29, 1.82) is 0 Å². The molecule has 0 spiro atoms. The molecule has 1 fully saturated rings. The molecule has 1 saturated carbocycles. The summed E-state index contributed by atoms with van der Waals surface area (Å²) in [4.78, 5) is 26.9. The predicted molar refractivity (Wildman–Crippen MR) is 153 cm³/mol. The minimum atomic E-state index is -3.52. The van der Waals surface area contributed by atoms with Gasteiger partial charge in [0.15, 0.2) is 9.84 Å². The van der Waals surface area contributed by atoms with E-state index in [0.717, 1.165) is 11.1 Å². The Labute approximate surface area is 234 Å². The molecule has 0 unspecified atom stereocenters. The summed E-state index contributed by atoms with van der Waals surface area (Å²) >= 11 is 0. The second-order valence-corrected chi connectivity index (χ2v) is 12.1. The summed E-state index contributed by atoms with van der Waals surface area (Å²) in [6.07, 6.45) is 1.88. The Balaban J connectivity index is 1.40. The number of anilines is 1. The van der Waals surface area contributed by atoms with Crippen molar-refractivity contribution in [1.82, 2.24) is 4.90 Å². The molecule has 0 heterocycles. The molecule has 1 aliphatic carbocycles. The number of benzene rings is 3. The van der Waals surface area contributed by atoms with E-state index >= 15 is 0 Å². The van der Waals surface area contributed by atoms with Crippen molar-refractivity contribution >= 4 is 40.1 Å². The number of hydrogen-bond acceptors (Lipinski definition) is 7. The molecular weight excluding hydrogens is 531 g/mol. The Morgan fingerprint density at radius 2 is 1.70 bits per heavy atom. The number of ether oxygens (including phenoxy) is 1. The van der Waals surface area contributed by atoms with Crippen LogP contribution in [-0.4, -0.2) is 61.3 Å². The van der Waals surface area contributed by atoms with Crippen LogP contribution >= 0.6 is 0 Å². The molecule has 11 heteroatoms. The number of nitrogens with zero attached hydrogens (tertiary/aromatic N) is 1. The van der Waals surface area contributed by atoms with Gasteiger partial charge in [0, 0.05) is 25.7 Å². The van der Waals surface area contributed by atoms with Gasteiger partial charge in [0.1, 0.15) is 6.61 Å². The molecular formula is C29H33BN2O7S. The van der Waals surface area contributed by atoms with E-state index in [-0.39, 0.29) is 30.4 Å². The molecule has 0 saturated heterocycles. The number of carbonyl (C=O) groups is 2. The van der Waals surface area contributed by atoms with Gasteiger partial charge in [0.2, 0.25) is 0 Å². The van der Waals surface area contributed by atoms with E-state index in [4.69, 9.17) is 4.74 Å². The van der Waals surface area contributed by atoms with Crippen molar-refractivity contribution in [2.24, 2.45) is 0 Å². The number of carbonyl (C=O) groups excluding carboxylic acids is 2. The van der Waals surface area contributed by atoms with Gasteiger partial charge in [-0.3, -0.25) is 4.79 Å². The number of nitrogens with one attached hydrogen (secondary N) is 1. The molecule has 210 valence electrons. The van der Waals surface area contributed by atoms with Gasteiger partial charge >= 0.3 is 19.1 Å². The van der Waals surface area contributed by atoms with Crippen LogP contribution in [0, 0.1) is 0 Å². The van der Waals surface area contributed by atoms with Gasteiger partial charge in [0.05, 0.1) is 10.1 Å². The third-order valence-electron chi connectivity index (χ3n) is 6.75. The van der Waals surface area contributed by atoms with Crippen molar-refractivity contribution in [3.8, 4) is 0 Å². The van der Waals surface area contributed by atoms with Crippen LogP contribution in [0.4, 0.5) is 10.5 Å². The van der Waals surface area contributed by atoms with Gasteiger partial charge in [-0.1, -0.05) is 54.6 Å². The molecule has 3 N–H and O–H groups in total. The SMILES string of the molecule is CN(CCc1cccc(B(O)O)c1)C(=O)Nc1ccc(S(=O)(=O)C2CC2)c(CCC(=O)OCc2ccccc2)c1. The molecule has 2 amide bonds. The first kappa shape index (κ1) is 29.3. The van der Waals surface area contributed by atoms with Crippen molar-refractivity contribution in [2.45, 2.75) is 48.9 Å². The fraction of sp³-hybridized carbons (Fsp3) is 0.310. The van der Waals surface area contributed by atoms with Crippen LogP contribution in [0.2, 0.25) is 0 Å². The fourth-order valence-electron chi connectivity index (χ4n) is 4.26. The highest BCUT2D eigenvalue weighted by atomic mass is 32.2. The van der Waals surface area contributed by atoms with Gasteiger partial charge in [-0.15, -0.1) is 0 Å². The largest absolute Gasteiger partial charge is 0.488 e. The van der Waals surface area contributed by atoms with E-state index in [2.05, 4.69) is 5.32 Å². The average molecular weight is 564 g/mol. The van der Waals surface area contributed by atoms with Crippen LogP contribution in [0.3, 0.4) is 0 Å². The van der Waals surface area contributed by atoms with Crippen LogP contribution in [0.1, 0.15) is 36.0 Å². The highest BCUT2D eigenvalue weighted by Gasteiger charge is 2.38. The standard InChI is InChI=1S/C29H33BN2O7S/c1-32(17-16-21-8-5-9-24(18-21)30(35)36)29(34)31-25-11-14-27(40(37,38)26-12-13-26)23(19-25)10-15-28(33)39-20-22-6-3-2-4-7-22/h2-9,11,14,18-19,26,35-36H,10,12-13,15-17,20H2,1H3,(H,31,34).